The van der Waals surface area contributed by atoms with Gasteiger partial charge in [0, 0.05) is 24.5 Å². The van der Waals surface area contributed by atoms with Crippen LogP contribution in [0.2, 0.25) is 0 Å². The standard InChI is InChI=1S/C20H23N3O4/c1-4-27-18-13-14(5-11-17(18)26-3)6-12-19(24)22-15-7-9-16(10-8-15)23-20(25)21-2/h5-13H,4H2,1-3H3,(H,22,24)(H2,21,23,25)/b12-6+. The topological polar surface area (TPSA) is 88.7 Å². The molecule has 0 aromatic heterocycles. The maximum Gasteiger partial charge on any atom is 0.318 e. The third kappa shape index (κ3) is 6.07. The zero-order valence-electron chi connectivity index (χ0n) is 15.5. The van der Waals surface area contributed by atoms with E-state index in [9.17, 15) is 9.59 Å². The number of urea groups is 1. The van der Waals surface area contributed by atoms with Crippen LogP contribution in [0.15, 0.2) is 48.5 Å². The second-order valence-corrected chi connectivity index (χ2v) is 5.45. The van der Waals surface area contributed by atoms with Crippen molar-refractivity contribution in [2.45, 2.75) is 6.92 Å². The highest BCUT2D eigenvalue weighted by molar-refractivity contribution is 6.02. The Kier molecular flexibility index (Phi) is 7.25. The summed E-state index contributed by atoms with van der Waals surface area (Å²) in [6.45, 7) is 2.42. The Hall–Kier alpha value is -3.48. The number of anilines is 2. The van der Waals surface area contributed by atoms with Gasteiger partial charge >= 0.3 is 6.03 Å². The molecule has 27 heavy (non-hydrogen) atoms. The molecule has 0 unspecified atom stereocenters. The molecule has 2 rings (SSSR count). The molecule has 7 nitrogen and oxygen atoms in total. The summed E-state index contributed by atoms with van der Waals surface area (Å²) >= 11 is 0. The van der Waals surface area contributed by atoms with E-state index in [1.165, 1.54) is 13.1 Å². The van der Waals surface area contributed by atoms with E-state index in [1.54, 1.807) is 43.5 Å². The lowest BCUT2D eigenvalue weighted by atomic mass is 10.2. The fourth-order valence-electron chi connectivity index (χ4n) is 2.25. The first-order valence-electron chi connectivity index (χ1n) is 8.44. The zero-order chi connectivity index (χ0) is 19.6. The van der Waals surface area contributed by atoms with Crippen LogP contribution < -0.4 is 25.4 Å². The minimum atomic E-state index is -0.305. The van der Waals surface area contributed by atoms with Gasteiger partial charge in [-0.05, 0) is 55.0 Å². The maximum absolute atomic E-state index is 12.1. The molecule has 0 bridgehead atoms. The summed E-state index contributed by atoms with van der Waals surface area (Å²) in [4.78, 5) is 23.3. The highest BCUT2D eigenvalue weighted by Gasteiger charge is 2.05. The van der Waals surface area contributed by atoms with Gasteiger partial charge < -0.3 is 25.4 Å². The maximum atomic E-state index is 12.1. The molecular formula is C20H23N3O4. The molecule has 0 saturated carbocycles. The van der Waals surface area contributed by atoms with Crippen LogP contribution in [0.1, 0.15) is 12.5 Å². The van der Waals surface area contributed by atoms with Crippen LogP contribution in [-0.2, 0) is 4.79 Å². The summed E-state index contributed by atoms with van der Waals surface area (Å²) in [6, 6.07) is 11.9. The van der Waals surface area contributed by atoms with E-state index < -0.39 is 0 Å². The molecule has 0 spiro atoms. The zero-order valence-corrected chi connectivity index (χ0v) is 15.5. The number of carbonyl (C=O) groups excluding carboxylic acids is 2. The van der Waals surface area contributed by atoms with Crippen molar-refractivity contribution >= 4 is 29.4 Å². The van der Waals surface area contributed by atoms with E-state index in [0.29, 0.717) is 29.5 Å². The molecule has 2 aromatic carbocycles. The predicted molar refractivity (Wildman–Crippen MR) is 106 cm³/mol. The first-order valence-corrected chi connectivity index (χ1v) is 8.44. The van der Waals surface area contributed by atoms with E-state index in [0.717, 1.165) is 5.56 Å². The fraction of sp³-hybridized carbons (Fsp3) is 0.200. The second kappa shape index (κ2) is 9.86. The van der Waals surface area contributed by atoms with Crippen molar-refractivity contribution in [1.29, 1.82) is 0 Å². The highest BCUT2D eigenvalue weighted by Crippen LogP contribution is 2.28. The number of hydrogen-bond donors (Lipinski definition) is 3. The molecule has 0 radical (unpaired) electrons. The Morgan fingerprint density at radius 3 is 2.26 bits per heavy atom. The molecule has 2 aromatic rings. The van der Waals surface area contributed by atoms with Crippen molar-refractivity contribution in [2.75, 3.05) is 31.4 Å². The number of nitrogens with one attached hydrogen (secondary N) is 3. The van der Waals surface area contributed by atoms with Crippen LogP contribution in [-0.4, -0.2) is 32.7 Å². The van der Waals surface area contributed by atoms with Gasteiger partial charge in [-0.15, -0.1) is 0 Å². The Labute approximate surface area is 158 Å². The van der Waals surface area contributed by atoms with E-state index in [1.807, 2.05) is 19.1 Å². The molecule has 142 valence electrons. The van der Waals surface area contributed by atoms with E-state index >= 15 is 0 Å². The van der Waals surface area contributed by atoms with Gasteiger partial charge in [-0.1, -0.05) is 6.07 Å². The summed E-state index contributed by atoms with van der Waals surface area (Å²) in [5, 5.41) is 7.87. The number of ether oxygens (including phenoxy) is 2. The summed E-state index contributed by atoms with van der Waals surface area (Å²) in [5.41, 5.74) is 2.07. The summed E-state index contributed by atoms with van der Waals surface area (Å²) in [7, 11) is 3.12. The quantitative estimate of drug-likeness (QED) is 0.652. The van der Waals surface area contributed by atoms with Crippen molar-refractivity contribution in [3.05, 3.63) is 54.1 Å². The first kappa shape index (κ1) is 19.8. The predicted octanol–water partition coefficient (Wildman–Crippen LogP) is 3.50. The van der Waals surface area contributed by atoms with Crippen molar-refractivity contribution in [2.24, 2.45) is 0 Å². The third-order valence-corrected chi connectivity index (χ3v) is 3.55. The van der Waals surface area contributed by atoms with E-state index in [4.69, 9.17) is 9.47 Å². The molecule has 0 heterocycles. The number of hydrogen-bond acceptors (Lipinski definition) is 4. The van der Waals surface area contributed by atoms with E-state index in [2.05, 4.69) is 16.0 Å². The van der Waals surface area contributed by atoms with Gasteiger partial charge in [-0.3, -0.25) is 4.79 Å². The van der Waals surface area contributed by atoms with E-state index in [-0.39, 0.29) is 11.9 Å². The number of rotatable bonds is 7. The van der Waals surface area contributed by atoms with Gasteiger partial charge in [-0.25, -0.2) is 4.79 Å². The van der Waals surface area contributed by atoms with Crippen molar-refractivity contribution < 1.29 is 19.1 Å². The monoisotopic (exact) mass is 369 g/mol. The van der Waals surface area contributed by atoms with Crippen LogP contribution in [0.4, 0.5) is 16.2 Å². The Morgan fingerprint density at radius 2 is 1.67 bits per heavy atom. The van der Waals surface area contributed by atoms with Gasteiger partial charge in [0.2, 0.25) is 5.91 Å². The lowest BCUT2D eigenvalue weighted by molar-refractivity contribution is -0.111. The minimum Gasteiger partial charge on any atom is -0.493 e. The van der Waals surface area contributed by atoms with Gasteiger partial charge in [0.05, 0.1) is 13.7 Å². The van der Waals surface area contributed by atoms with Crippen LogP contribution in [0.3, 0.4) is 0 Å². The summed E-state index contributed by atoms with van der Waals surface area (Å²) in [6.07, 6.45) is 3.13. The first-order chi connectivity index (χ1) is 13.0. The average molecular weight is 369 g/mol. The van der Waals surface area contributed by atoms with Gasteiger partial charge in [0.25, 0.3) is 0 Å². The Morgan fingerprint density at radius 1 is 1.00 bits per heavy atom. The summed E-state index contributed by atoms with van der Waals surface area (Å²) in [5.74, 6) is 1.00. The number of carbonyl (C=O) groups is 2. The minimum absolute atomic E-state index is 0.268. The Balaban J connectivity index is 1.98. The molecule has 0 atom stereocenters. The van der Waals surface area contributed by atoms with Gasteiger partial charge in [-0.2, -0.15) is 0 Å². The van der Waals surface area contributed by atoms with Crippen molar-refractivity contribution in [3.8, 4) is 11.5 Å². The van der Waals surface area contributed by atoms with Gasteiger partial charge in [0.1, 0.15) is 0 Å². The smallest absolute Gasteiger partial charge is 0.318 e. The molecule has 3 amide bonds. The molecule has 0 fully saturated rings. The summed E-state index contributed by atoms with van der Waals surface area (Å²) < 4.78 is 10.8. The molecule has 0 saturated heterocycles. The van der Waals surface area contributed by atoms with Gasteiger partial charge in [0.15, 0.2) is 11.5 Å². The van der Waals surface area contributed by atoms with Crippen LogP contribution in [0.5, 0.6) is 11.5 Å². The van der Waals surface area contributed by atoms with Crippen LogP contribution >= 0.6 is 0 Å². The van der Waals surface area contributed by atoms with Crippen LogP contribution in [0, 0.1) is 0 Å². The van der Waals surface area contributed by atoms with Crippen molar-refractivity contribution in [1.82, 2.24) is 5.32 Å². The van der Waals surface area contributed by atoms with Crippen LogP contribution in [0.25, 0.3) is 6.08 Å². The molecule has 0 aliphatic rings. The lowest BCUT2D eigenvalue weighted by Crippen LogP contribution is -2.24. The second-order valence-electron chi connectivity index (χ2n) is 5.45. The molecule has 7 heteroatoms. The average Bonchev–Trinajstić information content (AvgIpc) is 2.68. The third-order valence-electron chi connectivity index (χ3n) is 3.55. The normalized spacial score (nSPS) is 10.3. The van der Waals surface area contributed by atoms with Crippen molar-refractivity contribution in [3.63, 3.8) is 0 Å². The largest absolute Gasteiger partial charge is 0.493 e. The number of methoxy groups -OCH3 is 1. The fourth-order valence-corrected chi connectivity index (χ4v) is 2.25. The molecule has 3 N–H and O–H groups in total. The molecule has 0 aliphatic carbocycles. The lowest BCUT2D eigenvalue weighted by Gasteiger charge is -2.09. The number of benzene rings is 2. The SMILES string of the molecule is CCOc1cc(/C=C/C(=O)Nc2ccc(NC(=O)NC)cc2)ccc1OC. The Bertz CT molecular complexity index is 816. The molecular weight excluding hydrogens is 346 g/mol. The number of amides is 3. The highest BCUT2D eigenvalue weighted by atomic mass is 16.5. The molecule has 0 aliphatic heterocycles.